The molecule has 0 radical (unpaired) electrons. The van der Waals surface area contributed by atoms with Crippen molar-refractivity contribution in [2.45, 2.75) is 31.6 Å². The molecule has 0 aliphatic heterocycles. The number of nitrogens with zero attached hydrogens (tertiary/aromatic N) is 1. The van der Waals surface area contributed by atoms with E-state index in [0.29, 0.717) is 0 Å². The number of thioether (sulfide) groups is 1. The summed E-state index contributed by atoms with van der Waals surface area (Å²) in [6.07, 6.45) is 1.62. The summed E-state index contributed by atoms with van der Waals surface area (Å²) < 4.78 is 0.950. The molecule has 0 fully saturated rings. The zero-order valence-electron chi connectivity index (χ0n) is 10.9. The Bertz CT molecular complexity index is 566. The summed E-state index contributed by atoms with van der Waals surface area (Å²) in [5, 5.41) is 12.5. The summed E-state index contributed by atoms with van der Waals surface area (Å²) in [6.45, 7) is 6.12. The van der Waals surface area contributed by atoms with Gasteiger partial charge in [0, 0.05) is 17.4 Å². The standard InChI is InChI=1S/C15H17NOS/c1-11-4-6-13(3)14(8-11)10-18-15-7-5-12(2)9-16(15)17/h4-9H,10H2,1-3H3. The van der Waals surface area contributed by atoms with Crippen molar-refractivity contribution in [1.29, 1.82) is 0 Å². The van der Waals surface area contributed by atoms with Crippen LogP contribution in [0, 0.1) is 26.0 Å². The monoisotopic (exact) mass is 259 g/mol. The third-order valence-electron chi connectivity index (χ3n) is 2.91. The second-order valence-corrected chi connectivity index (χ2v) is 5.58. The van der Waals surface area contributed by atoms with E-state index in [2.05, 4.69) is 32.0 Å². The van der Waals surface area contributed by atoms with Gasteiger partial charge in [0.25, 0.3) is 5.03 Å². The van der Waals surface area contributed by atoms with Crippen molar-refractivity contribution in [3.63, 3.8) is 0 Å². The quantitative estimate of drug-likeness (QED) is 0.479. The smallest absolute Gasteiger partial charge is 0.251 e. The Labute approximate surface area is 112 Å². The Kier molecular flexibility index (Phi) is 3.92. The minimum atomic E-state index is 0.751. The lowest BCUT2D eigenvalue weighted by Crippen LogP contribution is -2.28. The molecule has 1 aromatic heterocycles. The predicted molar refractivity (Wildman–Crippen MR) is 75.6 cm³/mol. The molecule has 0 bridgehead atoms. The molecular weight excluding hydrogens is 242 g/mol. The summed E-state index contributed by atoms with van der Waals surface area (Å²) >= 11 is 1.58. The number of aromatic nitrogens is 1. The number of hydrogen-bond acceptors (Lipinski definition) is 2. The van der Waals surface area contributed by atoms with Crippen LogP contribution in [0.2, 0.25) is 0 Å². The number of hydrogen-bond donors (Lipinski definition) is 0. The highest BCUT2D eigenvalue weighted by Crippen LogP contribution is 2.22. The van der Waals surface area contributed by atoms with Gasteiger partial charge in [0.05, 0.1) is 0 Å². The molecule has 1 heterocycles. The normalized spacial score (nSPS) is 10.6. The molecule has 0 saturated heterocycles. The van der Waals surface area contributed by atoms with Crippen LogP contribution in [-0.4, -0.2) is 0 Å². The number of benzene rings is 1. The molecule has 0 atom stereocenters. The van der Waals surface area contributed by atoms with E-state index in [-0.39, 0.29) is 0 Å². The molecule has 2 nitrogen and oxygen atoms in total. The van der Waals surface area contributed by atoms with Gasteiger partial charge in [-0.15, -0.1) is 0 Å². The maximum Gasteiger partial charge on any atom is 0.251 e. The van der Waals surface area contributed by atoms with Crippen LogP contribution in [0.3, 0.4) is 0 Å². The molecular formula is C15H17NOS. The highest BCUT2D eigenvalue weighted by Gasteiger charge is 2.07. The van der Waals surface area contributed by atoms with Gasteiger partial charge in [-0.1, -0.05) is 35.5 Å². The van der Waals surface area contributed by atoms with E-state index in [1.54, 1.807) is 18.0 Å². The highest BCUT2D eigenvalue weighted by atomic mass is 32.2. The van der Waals surface area contributed by atoms with Crippen molar-refractivity contribution in [2.24, 2.45) is 0 Å². The summed E-state index contributed by atoms with van der Waals surface area (Å²) in [6, 6.07) is 10.3. The van der Waals surface area contributed by atoms with E-state index < -0.39 is 0 Å². The molecule has 0 aliphatic carbocycles. The Morgan fingerprint density at radius 2 is 1.78 bits per heavy atom. The molecule has 0 spiro atoms. The van der Waals surface area contributed by atoms with E-state index in [4.69, 9.17) is 0 Å². The summed E-state index contributed by atoms with van der Waals surface area (Å²) in [7, 11) is 0. The fourth-order valence-electron chi connectivity index (χ4n) is 1.79. The van der Waals surface area contributed by atoms with E-state index in [1.807, 2.05) is 19.1 Å². The first-order valence-electron chi connectivity index (χ1n) is 5.95. The number of rotatable bonds is 3. The van der Waals surface area contributed by atoms with Crippen LogP contribution in [0.15, 0.2) is 41.6 Å². The van der Waals surface area contributed by atoms with Crippen LogP contribution in [-0.2, 0) is 5.75 Å². The van der Waals surface area contributed by atoms with Crippen molar-refractivity contribution in [3.05, 3.63) is 64.0 Å². The Hall–Kier alpha value is -1.48. The van der Waals surface area contributed by atoms with Gasteiger partial charge in [0.15, 0.2) is 6.20 Å². The first kappa shape index (κ1) is 13.0. The Morgan fingerprint density at radius 3 is 2.50 bits per heavy atom. The summed E-state index contributed by atoms with van der Waals surface area (Å²) in [4.78, 5) is 0. The van der Waals surface area contributed by atoms with Crippen LogP contribution in [0.25, 0.3) is 0 Å². The van der Waals surface area contributed by atoms with Gasteiger partial charge in [-0.2, -0.15) is 4.73 Å². The van der Waals surface area contributed by atoms with Crippen LogP contribution in [0.1, 0.15) is 22.3 Å². The lowest BCUT2D eigenvalue weighted by molar-refractivity contribution is -0.645. The van der Waals surface area contributed by atoms with Crippen LogP contribution >= 0.6 is 11.8 Å². The minimum absolute atomic E-state index is 0.751. The average molecular weight is 259 g/mol. The predicted octanol–water partition coefficient (Wildman–Crippen LogP) is 3.54. The number of pyridine rings is 1. The fraction of sp³-hybridized carbons (Fsp3) is 0.267. The minimum Gasteiger partial charge on any atom is -0.618 e. The van der Waals surface area contributed by atoms with Gasteiger partial charge in [-0.25, -0.2) is 0 Å². The molecule has 0 N–H and O–H groups in total. The molecule has 0 amide bonds. The maximum atomic E-state index is 11.7. The van der Waals surface area contributed by atoms with Gasteiger partial charge in [0.2, 0.25) is 0 Å². The van der Waals surface area contributed by atoms with Crippen LogP contribution in [0.5, 0.6) is 0 Å². The molecule has 0 aliphatic rings. The third kappa shape index (κ3) is 3.05. The van der Waals surface area contributed by atoms with Crippen molar-refractivity contribution in [1.82, 2.24) is 0 Å². The molecule has 0 unspecified atom stereocenters. The lowest BCUT2D eigenvalue weighted by Gasteiger charge is -2.07. The van der Waals surface area contributed by atoms with Crippen molar-refractivity contribution < 1.29 is 4.73 Å². The lowest BCUT2D eigenvalue weighted by atomic mass is 10.1. The van der Waals surface area contributed by atoms with Gasteiger partial charge in [-0.3, -0.25) is 0 Å². The topological polar surface area (TPSA) is 26.9 Å². The largest absolute Gasteiger partial charge is 0.618 e. The van der Waals surface area contributed by atoms with E-state index in [9.17, 15) is 5.21 Å². The van der Waals surface area contributed by atoms with Gasteiger partial charge < -0.3 is 5.21 Å². The Morgan fingerprint density at radius 1 is 1.06 bits per heavy atom. The molecule has 94 valence electrons. The molecule has 18 heavy (non-hydrogen) atoms. The van der Waals surface area contributed by atoms with E-state index in [1.165, 1.54) is 16.7 Å². The van der Waals surface area contributed by atoms with Crippen molar-refractivity contribution in [3.8, 4) is 0 Å². The first-order chi connectivity index (χ1) is 8.56. The zero-order chi connectivity index (χ0) is 13.1. The zero-order valence-corrected chi connectivity index (χ0v) is 11.8. The first-order valence-corrected chi connectivity index (χ1v) is 6.93. The van der Waals surface area contributed by atoms with E-state index >= 15 is 0 Å². The molecule has 2 rings (SSSR count). The number of aryl methyl sites for hydroxylation is 3. The van der Waals surface area contributed by atoms with Crippen molar-refractivity contribution >= 4 is 11.8 Å². The van der Waals surface area contributed by atoms with E-state index in [0.717, 1.165) is 21.1 Å². The van der Waals surface area contributed by atoms with Crippen LogP contribution in [0.4, 0.5) is 0 Å². The summed E-state index contributed by atoms with van der Waals surface area (Å²) in [5.74, 6) is 0.832. The van der Waals surface area contributed by atoms with Gasteiger partial charge in [0.1, 0.15) is 0 Å². The summed E-state index contributed by atoms with van der Waals surface area (Å²) in [5.41, 5.74) is 4.81. The highest BCUT2D eigenvalue weighted by molar-refractivity contribution is 7.98. The molecule has 3 heteroatoms. The second-order valence-electron chi connectivity index (χ2n) is 4.59. The molecule has 1 aromatic carbocycles. The maximum absolute atomic E-state index is 11.7. The van der Waals surface area contributed by atoms with Gasteiger partial charge >= 0.3 is 0 Å². The molecule has 0 saturated carbocycles. The second kappa shape index (κ2) is 5.44. The van der Waals surface area contributed by atoms with Crippen LogP contribution < -0.4 is 4.73 Å². The average Bonchev–Trinajstić information content (AvgIpc) is 2.32. The molecule has 2 aromatic rings. The third-order valence-corrected chi connectivity index (χ3v) is 3.97. The SMILES string of the molecule is Cc1ccc(C)c(CSc2ccc(C)c[n+]2[O-])c1. The Balaban J connectivity index is 2.13. The van der Waals surface area contributed by atoms with Gasteiger partial charge in [-0.05, 0) is 38.0 Å². The van der Waals surface area contributed by atoms with Crippen molar-refractivity contribution in [2.75, 3.05) is 0 Å². The fourth-order valence-corrected chi connectivity index (χ4v) is 2.75.